The number of sulfonamides is 1. The zero-order chi connectivity index (χ0) is 25.0. The molecule has 1 aromatic carbocycles. The molecule has 0 saturated carbocycles. The molecule has 2 aliphatic heterocycles. The first-order valence-corrected chi connectivity index (χ1v) is 13.2. The number of benzene rings is 1. The highest BCUT2D eigenvalue weighted by Gasteiger charge is 2.39. The van der Waals surface area contributed by atoms with Gasteiger partial charge in [0.05, 0.1) is 10.4 Å². The molecule has 0 atom stereocenters. The molecule has 2 aliphatic rings. The molecular weight excluding hydrogens is 474 g/mol. The van der Waals surface area contributed by atoms with Crippen molar-refractivity contribution in [1.82, 2.24) is 23.9 Å². The number of fused-ring (bicyclic) bond motifs is 1. The van der Waals surface area contributed by atoms with E-state index in [1.807, 2.05) is 4.90 Å². The second kappa shape index (κ2) is 8.59. The number of likely N-dealkylation sites (tertiary alicyclic amines) is 1. The first-order chi connectivity index (χ1) is 16.6. The predicted octanol–water partition coefficient (Wildman–Crippen LogP) is 1.80. The third-order valence-electron chi connectivity index (χ3n) is 7.45. The molecule has 0 spiro atoms. The SMILES string of the molecule is Cc1nc(C2(C)CCN(C(=O)C3CCN(S(=O)(=O)c4ccc5c(c4)oc(=O)n5C)CC3)CC2)no1. The minimum Gasteiger partial charge on any atom is -0.408 e. The summed E-state index contributed by atoms with van der Waals surface area (Å²) in [6.07, 6.45) is 2.45. The van der Waals surface area contributed by atoms with Gasteiger partial charge in [-0.1, -0.05) is 12.1 Å². The largest absolute Gasteiger partial charge is 0.419 e. The van der Waals surface area contributed by atoms with Crippen LogP contribution in [0, 0.1) is 12.8 Å². The standard InChI is InChI=1S/C23H29N5O6S/c1-15-24-21(25-34-15)23(2)8-12-27(13-9-23)20(29)16-6-10-28(11-7-16)35(31,32)17-4-5-18-19(14-17)33-22(30)26(18)3/h4-5,14,16H,6-13H2,1-3H3. The van der Waals surface area contributed by atoms with Gasteiger partial charge in [-0.25, -0.2) is 13.2 Å². The van der Waals surface area contributed by atoms with Gasteiger partial charge < -0.3 is 13.8 Å². The molecule has 0 N–H and O–H groups in total. The van der Waals surface area contributed by atoms with Crippen LogP contribution in [0.5, 0.6) is 0 Å². The highest BCUT2D eigenvalue weighted by Crippen LogP contribution is 2.34. The number of carbonyl (C=O) groups is 1. The summed E-state index contributed by atoms with van der Waals surface area (Å²) < 4.78 is 39.4. The van der Waals surface area contributed by atoms with Gasteiger partial charge in [0, 0.05) is 57.5 Å². The molecule has 2 saturated heterocycles. The van der Waals surface area contributed by atoms with Crippen molar-refractivity contribution in [1.29, 1.82) is 0 Å². The average molecular weight is 504 g/mol. The summed E-state index contributed by atoms with van der Waals surface area (Å²) in [5.74, 6) is 0.566. The molecule has 0 unspecified atom stereocenters. The van der Waals surface area contributed by atoms with Gasteiger partial charge in [0.2, 0.25) is 21.8 Å². The van der Waals surface area contributed by atoms with Crippen molar-refractivity contribution >= 4 is 27.0 Å². The summed E-state index contributed by atoms with van der Waals surface area (Å²) in [4.78, 5) is 31.2. The van der Waals surface area contributed by atoms with E-state index < -0.39 is 15.8 Å². The summed E-state index contributed by atoms with van der Waals surface area (Å²) in [7, 11) is -2.19. The Balaban J connectivity index is 1.21. The minimum absolute atomic E-state index is 0.0798. The average Bonchev–Trinajstić information content (AvgIpc) is 3.42. The van der Waals surface area contributed by atoms with Crippen LogP contribution in [0.25, 0.3) is 11.1 Å². The maximum atomic E-state index is 13.2. The molecule has 5 rings (SSSR count). The first kappa shape index (κ1) is 23.7. The van der Waals surface area contributed by atoms with Gasteiger partial charge in [-0.3, -0.25) is 9.36 Å². The van der Waals surface area contributed by atoms with Gasteiger partial charge in [0.25, 0.3) is 0 Å². The van der Waals surface area contributed by atoms with Gasteiger partial charge in [0.1, 0.15) is 0 Å². The fourth-order valence-corrected chi connectivity index (χ4v) is 6.50. The zero-order valence-corrected chi connectivity index (χ0v) is 20.9. The van der Waals surface area contributed by atoms with Gasteiger partial charge in [-0.05, 0) is 37.8 Å². The van der Waals surface area contributed by atoms with E-state index in [0.717, 1.165) is 12.8 Å². The smallest absolute Gasteiger partial charge is 0.408 e. The number of aromatic nitrogens is 3. The molecule has 0 aliphatic carbocycles. The van der Waals surface area contributed by atoms with E-state index in [2.05, 4.69) is 17.1 Å². The van der Waals surface area contributed by atoms with Crippen LogP contribution in [0.1, 0.15) is 44.3 Å². The molecule has 35 heavy (non-hydrogen) atoms. The molecule has 2 aromatic heterocycles. The molecular formula is C23H29N5O6S. The van der Waals surface area contributed by atoms with Crippen molar-refractivity contribution in [3.63, 3.8) is 0 Å². The molecule has 3 aromatic rings. The zero-order valence-electron chi connectivity index (χ0n) is 20.1. The van der Waals surface area contributed by atoms with Crippen LogP contribution >= 0.6 is 0 Å². The van der Waals surface area contributed by atoms with E-state index in [1.165, 1.54) is 21.0 Å². The van der Waals surface area contributed by atoms with Gasteiger partial charge in [-0.15, -0.1) is 0 Å². The van der Waals surface area contributed by atoms with Crippen molar-refractivity contribution in [3.8, 4) is 0 Å². The topological polar surface area (TPSA) is 132 Å². The highest BCUT2D eigenvalue weighted by atomic mass is 32.2. The molecule has 1 amide bonds. The highest BCUT2D eigenvalue weighted by molar-refractivity contribution is 7.89. The number of nitrogens with zero attached hydrogens (tertiary/aromatic N) is 5. The lowest BCUT2D eigenvalue weighted by Crippen LogP contribution is -2.49. The molecule has 0 radical (unpaired) electrons. The van der Waals surface area contributed by atoms with Crippen LogP contribution in [0.2, 0.25) is 0 Å². The predicted molar refractivity (Wildman–Crippen MR) is 125 cm³/mol. The van der Waals surface area contributed by atoms with Crippen LogP contribution in [0.3, 0.4) is 0 Å². The van der Waals surface area contributed by atoms with Gasteiger partial charge >= 0.3 is 5.76 Å². The summed E-state index contributed by atoms with van der Waals surface area (Å²) in [5, 5.41) is 4.07. The number of piperidine rings is 2. The lowest BCUT2D eigenvalue weighted by atomic mass is 9.79. The van der Waals surface area contributed by atoms with E-state index in [9.17, 15) is 18.0 Å². The number of amides is 1. The number of aryl methyl sites for hydroxylation is 2. The second-order valence-corrected chi connectivity index (χ2v) is 11.7. The van der Waals surface area contributed by atoms with E-state index in [4.69, 9.17) is 8.94 Å². The third-order valence-corrected chi connectivity index (χ3v) is 9.35. The summed E-state index contributed by atoms with van der Waals surface area (Å²) in [5.41, 5.74) is 0.549. The molecule has 188 valence electrons. The monoisotopic (exact) mass is 503 g/mol. The summed E-state index contributed by atoms with van der Waals surface area (Å²) in [6, 6.07) is 4.45. The Bertz CT molecular complexity index is 1420. The van der Waals surface area contributed by atoms with Crippen LogP contribution in [-0.4, -0.2) is 64.4 Å². The number of carbonyl (C=O) groups excluding carboxylic acids is 1. The lowest BCUT2D eigenvalue weighted by molar-refractivity contribution is -0.138. The number of oxazole rings is 1. The number of hydrogen-bond donors (Lipinski definition) is 0. The quantitative estimate of drug-likeness (QED) is 0.527. The normalized spacial score (nSPS) is 19.9. The molecule has 0 bridgehead atoms. The van der Waals surface area contributed by atoms with Crippen molar-refractivity contribution in [2.75, 3.05) is 26.2 Å². The Morgan fingerprint density at radius 1 is 1.14 bits per heavy atom. The van der Waals surface area contributed by atoms with Crippen LogP contribution < -0.4 is 5.76 Å². The van der Waals surface area contributed by atoms with E-state index in [0.29, 0.717) is 43.2 Å². The van der Waals surface area contributed by atoms with Crippen LogP contribution in [-0.2, 0) is 27.3 Å². The Hall–Kier alpha value is -2.99. The fourth-order valence-electron chi connectivity index (χ4n) is 5.01. The summed E-state index contributed by atoms with van der Waals surface area (Å²) in [6.45, 7) is 5.63. The Kier molecular flexibility index (Phi) is 5.83. The van der Waals surface area contributed by atoms with Crippen molar-refractivity contribution < 1.29 is 22.2 Å². The first-order valence-electron chi connectivity index (χ1n) is 11.8. The van der Waals surface area contributed by atoms with Crippen LogP contribution in [0.15, 0.2) is 36.8 Å². The Morgan fingerprint density at radius 2 is 1.83 bits per heavy atom. The van der Waals surface area contributed by atoms with Gasteiger partial charge in [0.15, 0.2) is 11.4 Å². The van der Waals surface area contributed by atoms with E-state index in [1.54, 1.807) is 20.0 Å². The van der Waals surface area contributed by atoms with Crippen LogP contribution in [0.4, 0.5) is 0 Å². The number of hydrogen-bond acceptors (Lipinski definition) is 8. The maximum Gasteiger partial charge on any atom is 0.419 e. The third kappa shape index (κ3) is 4.18. The molecule has 12 heteroatoms. The molecule has 2 fully saturated rings. The molecule has 11 nitrogen and oxygen atoms in total. The van der Waals surface area contributed by atoms with Crippen molar-refractivity contribution in [2.24, 2.45) is 13.0 Å². The van der Waals surface area contributed by atoms with E-state index in [-0.39, 0.29) is 40.8 Å². The fraction of sp³-hybridized carbons (Fsp3) is 0.565. The van der Waals surface area contributed by atoms with Crippen molar-refractivity contribution in [2.45, 2.75) is 49.8 Å². The minimum atomic E-state index is -3.76. The van der Waals surface area contributed by atoms with Gasteiger partial charge in [-0.2, -0.15) is 9.29 Å². The maximum absolute atomic E-state index is 13.2. The summed E-state index contributed by atoms with van der Waals surface area (Å²) >= 11 is 0. The van der Waals surface area contributed by atoms with Crippen molar-refractivity contribution in [3.05, 3.63) is 40.5 Å². The van der Waals surface area contributed by atoms with E-state index >= 15 is 0 Å². The lowest BCUT2D eigenvalue weighted by Gasteiger charge is -2.40. The molecule has 4 heterocycles. The number of rotatable bonds is 4. The Labute approximate surface area is 202 Å². The Morgan fingerprint density at radius 3 is 2.46 bits per heavy atom. The second-order valence-electron chi connectivity index (χ2n) is 9.76.